The number of benzene rings is 1. The zero-order valence-corrected chi connectivity index (χ0v) is 14.2. The van der Waals surface area contributed by atoms with E-state index in [2.05, 4.69) is 10.3 Å². The highest BCUT2D eigenvalue weighted by atomic mass is 35.5. The number of fused-ring (bicyclic) bond motifs is 1. The summed E-state index contributed by atoms with van der Waals surface area (Å²) in [4.78, 5) is 18.5. The van der Waals surface area contributed by atoms with Gasteiger partial charge >= 0.3 is 0 Å². The van der Waals surface area contributed by atoms with E-state index in [4.69, 9.17) is 16.0 Å². The second-order valence-electron chi connectivity index (χ2n) is 6.84. The molecule has 1 aromatic carbocycles. The Balaban J connectivity index is 1.32. The lowest BCUT2D eigenvalue weighted by Gasteiger charge is -2.36. The van der Waals surface area contributed by atoms with Gasteiger partial charge in [0.2, 0.25) is 11.8 Å². The number of oxazole rings is 1. The van der Waals surface area contributed by atoms with E-state index < -0.39 is 11.8 Å². The van der Waals surface area contributed by atoms with Crippen molar-refractivity contribution in [1.82, 2.24) is 10.3 Å². The Morgan fingerprint density at radius 3 is 2.72 bits per heavy atom. The lowest BCUT2D eigenvalue weighted by Crippen LogP contribution is -2.50. The number of piperidine rings is 1. The third-order valence-corrected chi connectivity index (χ3v) is 5.15. The molecule has 1 saturated heterocycles. The molecule has 1 aliphatic heterocycles. The van der Waals surface area contributed by atoms with Gasteiger partial charge in [-0.15, -0.1) is 0 Å². The Labute approximate surface area is 148 Å². The Morgan fingerprint density at radius 1 is 1.32 bits per heavy atom. The zero-order valence-electron chi connectivity index (χ0n) is 13.5. The Morgan fingerprint density at radius 2 is 2.04 bits per heavy atom. The second kappa shape index (κ2) is 6.12. The van der Waals surface area contributed by atoms with Crippen LogP contribution in [-0.4, -0.2) is 35.9 Å². The van der Waals surface area contributed by atoms with Crippen molar-refractivity contribution in [1.29, 1.82) is 0 Å². The van der Waals surface area contributed by atoms with Crippen LogP contribution in [0.15, 0.2) is 22.6 Å². The third kappa shape index (κ3) is 3.42. The van der Waals surface area contributed by atoms with E-state index in [1.165, 1.54) is 0 Å². The number of alkyl halides is 2. The Hall–Kier alpha value is -1.89. The third-order valence-electron chi connectivity index (χ3n) is 4.91. The summed E-state index contributed by atoms with van der Waals surface area (Å²) in [5.41, 5.74) is 1.39. The molecule has 25 heavy (non-hydrogen) atoms. The molecule has 0 bridgehead atoms. The molecule has 134 valence electrons. The summed E-state index contributed by atoms with van der Waals surface area (Å²) in [7, 11) is 0. The number of hydrogen-bond donors (Lipinski definition) is 1. The molecule has 2 heterocycles. The maximum absolute atomic E-state index is 12.9. The average Bonchev–Trinajstić information content (AvgIpc) is 2.96. The van der Waals surface area contributed by atoms with E-state index >= 15 is 0 Å². The number of carbonyl (C=O) groups excluding carboxylic acids is 1. The van der Waals surface area contributed by atoms with Gasteiger partial charge in [-0.3, -0.25) is 4.79 Å². The van der Waals surface area contributed by atoms with Crippen LogP contribution < -0.4 is 10.2 Å². The highest BCUT2D eigenvalue weighted by Crippen LogP contribution is 2.42. The molecule has 2 aliphatic rings. The van der Waals surface area contributed by atoms with Crippen molar-refractivity contribution in [3.63, 3.8) is 0 Å². The summed E-state index contributed by atoms with van der Waals surface area (Å²) in [5, 5.41) is 3.50. The quantitative estimate of drug-likeness (QED) is 0.897. The summed E-state index contributed by atoms with van der Waals surface area (Å²) in [6, 6.07) is 5.85. The first-order chi connectivity index (χ1) is 11.9. The topological polar surface area (TPSA) is 58.4 Å². The van der Waals surface area contributed by atoms with Crippen LogP contribution in [0.4, 0.5) is 14.8 Å². The van der Waals surface area contributed by atoms with Crippen LogP contribution in [0.2, 0.25) is 5.02 Å². The maximum atomic E-state index is 12.9. The fraction of sp³-hybridized carbons (Fsp3) is 0.529. The van der Waals surface area contributed by atoms with E-state index in [0.29, 0.717) is 35.2 Å². The monoisotopic (exact) mass is 369 g/mol. The molecular weight excluding hydrogens is 352 g/mol. The van der Waals surface area contributed by atoms with Crippen molar-refractivity contribution >= 4 is 34.6 Å². The largest absolute Gasteiger partial charge is 0.423 e. The first kappa shape index (κ1) is 16.6. The van der Waals surface area contributed by atoms with Crippen molar-refractivity contribution in [3.05, 3.63) is 23.2 Å². The second-order valence-corrected chi connectivity index (χ2v) is 7.28. The predicted octanol–water partition coefficient (Wildman–Crippen LogP) is 3.61. The number of rotatable bonds is 3. The van der Waals surface area contributed by atoms with Crippen LogP contribution in [0.1, 0.15) is 25.7 Å². The summed E-state index contributed by atoms with van der Waals surface area (Å²) >= 11 is 5.96. The molecule has 0 spiro atoms. The van der Waals surface area contributed by atoms with Gasteiger partial charge in [0.15, 0.2) is 5.58 Å². The first-order valence-corrected chi connectivity index (χ1v) is 8.77. The number of amides is 1. The summed E-state index contributed by atoms with van der Waals surface area (Å²) < 4.78 is 31.5. The standard InChI is InChI=1S/C17H18ClF2N3O2/c18-11-1-2-14-13(7-11)22-16(25-14)23-5-3-12(4-6-23)21-15(24)10-8-17(19,20)9-10/h1-2,7,10,12H,3-6,8-9H2,(H,21,24). The van der Waals surface area contributed by atoms with Crippen LogP contribution in [0.3, 0.4) is 0 Å². The first-order valence-electron chi connectivity index (χ1n) is 8.39. The van der Waals surface area contributed by atoms with Gasteiger partial charge in [-0.05, 0) is 31.0 Å². The molecule has 1 aliphatic carbocycles. The fourth-order valence-corrected chi connectivity index (χ4v) is 3.57. The lowest BCUT2D eigenvalue weighted by molar-refractivity contribution is -0.150. The number of hydrogen-bond acceptors (Lipinski definition) is 4. The summed E-state index contributed by atoms with van der Waals surface area (Å²) in [6.07, 6.45) is 0.801. The molecule has 2 aromatic rings. The van der Waals surface area contributed by atoms with Gasteiger partial charge in [0.25, 0.3) is 6.01 Å². The van der Waals surface area contributed by atoms with E-state index in [9.17, 15) is 13.6 Å². The van der Waals surface area contributed by atoms with Crippen molar-refractivity contribution in [3.8, 4) is 0 Å². The molecule has 1 N–H and O–H groups in total. The van der Waals surface area contributed by atoms with Crippen LogP contribution in [-0.2, 0) is 4.79 Å². The number of aromatic nitrogens is 1. The minimum Gasteiger partial charge on any atom is -0.423 e. The molecule has 5 nitrogen and oxygen atoms in total. The maximum Gasteiger partial charge on any atom is 0.298 e. The van der Waals surface area contributed by atoms with E-state index in [1.807, 2.05) is 4.90 Å². The van der Waals surface area contributed by atoms with Crippen LogP contribution >= 0.6 is 11.6 Å². The van der Waals surface area contributed by atoms with Gasteiger partial charge in [-0.25, -0.2) is 8.78 Å². The molecule has 0 radical (unpaired) electrons. The molecule has 1 amide bonds. The lowest BCUT2D eigenvalue weighted by atomic mass is 9.80. The molecular formula is C17H18ClF2N3O2. The van der Waals surface area contributed by atoms with E-state index in [-0.39, 0.29) is 24.8 Å². The SMILES string of the molecule is O=C(NC1CCN(c2nc3cc(Cl)ccc3o2)CC1)C1CC(F)(F)C1. The van der Waals surface area contributed by atoms with Gasteiger partial charge in [-0.1, -0.05) is 11.6 Å². The number of halogens is 3. The van der Waals surface area contributed by atoms with Crippen molar-refractivity contribution < 1.29 is 18.0 Å². The minimum atomic E-state index is -2.67. The zero-order chi connectivity index (χ0) is 17.6. The molecule has 0 unspecified atom stereocenters. The smallest absolute Gasteiger partial charge is 0.298 e. The minimum absolute atomic E-state index is 0.0109. The van der Waals surface area contributed by atoms with Gasteiger partial charge < -0.3 is 14.6 Å². The Bertz CT molecular complexity index is 794. The van der Waals surface area contributed by atoms with Gasteiger partial charge in [0.1, 0.15) is 5.52 Å². The predicted molar refractivity (Wildman–Crippen MR) is 90.1 cm³/mol. The molecule has 1 aromatic heterocycles. The molecule has 0 atom stereocenters. The van der Waals surface area contributed by atoms with Gasteiger partial charge in [0.05, 0.1) is 0 Å². The van der Waals surface area contributed by atoms with Crippen LogP contribution in [0.25, 0.3) is 11.1 Å². The highest BCUT2D eigenvalue weighted by molar-refractivity contribution is 6.31. The molecule has 1 saturated carbocycles. The fourth-order valence-electron chi connectivity index (χ4n) is 3.40. The molecule has 2 fully saturated rings. The van der Waals surface area contributed by atoms with Crippen LogP contribution in [0.5, 0.6) is 0 Å². The van der Waals surface area contributed by atoms with Crippen molar-refractivity contribution in [2.24, 2.45) is 5.92 Å². The highest BCUT2D eigenvalue weighted by Gasteiger charge is 2.48. The van der Waals surface area contributed by atoms with Crippen molar-refractivity contribution in [2.45, 2.75) is 37.6 Å². The average molecular weight is 370 g/mol. The molecule has 4 rings (SSSR count). The number of anilines is 1. The Kier molecular flexibility index (Phi) is 4.06. The number of nitrogens with one attached hydrogen (secondary N) is 1. The van der Waals surface area contributed by atoms with Crippen LogP contribution in [0, 0.1) is 5.92 Å². The summed E-state index contributed by atoms with van der Waals surface area (Å²) in [6.45, 7) is 1.37. The number of nitrogens with zero attached hydrogens (tertiary/aromatic N) is 2. The van der Waals surface area contributed by atoms with Gasteiger partial charge in [-0.2, -0.15) is 4.98 Å². The normalized spacial score (nSPS) is 21.3. The molecule has 8 heteroatoms. The van der Waals surface area contributed by atoms with E-state index in [1.54, 1.807) is 18.2 Å². The van der Waals surface area contributed by atoms with Crippen molar-refractivity contribution in [2.75, 3.05) is 18.0 Å². The van der Waals surface area contributed by atoms with E-state index in [0.717, 1.165) is 12.8 Å². The number of carbonyl (C=O) groups is 1. The van der Waals surface area contributed by atoms with Gasteiger partial charge in [0, 0.05) is 42.9 Å². The summed E-state index contributed by atoms with van der Waals surface area (Å²) in [5.74, 6) is -3.46.